The first-order valence-electron chi connectivity index (χ1n) is 3.32. The van der Waals surface area contributed by atoms with Crippen molar-refractivity contribution in [2.24, 2.45) is 10.9 Å². The molecular weight excluding hydrogens is 164 g/mol. The van der Waals surface area contributed by atoms with Gasteiger partial charge in [-0.05, 0) is 18.6 Å². The lowest BCUT2D eigenvalue weighted by atomic mass is 10.3. The molecule has 11 heavy (non-hydrogen) atoms. The van der Waals surface area contributed by atoms with E-state index < -0.39 is 5.97 Å². The fourth-order valence-electron chi connectivity index (χ4n) is 0.557. The molecule has 0 aromatic carbocycles. The number of nitrogens with two attached hydrogens (primary N) is 1. The van der Waals surface area contributed by atoms with Gasteiger partial charge < -0.3 is 10.9 Å². The van der Waals surface area contributed by atoms with E-state index in [0.717, 1.165) is 18.6 Å². The van der Waals surface area contributed by atoms with Gasteiger partial charge >= 0.3 is 5.97 Å². The van der Waals surface area contributed by atoms with Gasteiger partial charge in [-0.25, -0.2) is 0 Å². The van der Waals surface area contributed by atoms with Gasteiger partial charge in [0.1, 0.15) is 0 Å². The van der Waals surface area contributed by atoms with Gasteiger partial charge in [-0.3, -0.25) is 4.79 Å². The molecule has 5 heteroatoms. The molecule has 0 aliphatic carbocycles. The molecule has 0 heterocycles. The number of thioether (sulfide) groups is 1. The van der Waals surface area contributed by atoms with Gasteiger partial charge in [0.25, 0.3) is 0 Å². The largest absolute Gasteiger partial charge is 0.481 e. The molecule has 0 rings (SSSR count). The summed E-state index contributed by atoms with van der Waals surface area (Å²) in [6.07, 6.45) is 1.87. The van der Waals surface area contributed by atoms with Gasteiger partial charge in [-0.1, -0.05) is 0 Å². The van der Waals surface area contributed by atoms with E-state index in [1.54, 1.807) is 5.55 Å². The molecular formula is C6H12N2O2S. The van der Waals surface area contributed by atoms with Crippen molar-refractivity contribution in [2.45, 2.75) is 19.3 Å². The van der Waals surface area contributed by atoms with Crippen LogP contribution in [0.3, 0.4) is 0 Å². The number of hydrogen-bond acceptors (Lipinski definition) is 4. The number of carboxylic acids is 1. The molecule has 0 aliphatic heterocycles. The number of rotatable bonds is 6. The summed E-state index contributed by atoms with van der Waals surface area (Å²) < 4.78 is 0. The Morgan fingerprint density at radius 2 is 2.36 bits per heavy atom. The first-order chi connectivity index (χ1) is 5.27. The Kier molecular flexibility index (Phi) is 6.92. The van der Waals surface area contributed by atoms with Gasteiger partial charge in [0.05, 0.1) is 5.55 Å². The van der Waals surface area contributed by atoms with Gasteiger partial charge in [-0.15, -0.1) is 11.8 Å². The van der Waals surface area contributed by atoms with E-state index in [1.165, 1.54) is 11.8 Å². The normalized spacial score (nSPS) is 10.5. The highest BCUT2D eigenvalue weighted by Gasteiger charge is 1.94. The summed E-state index contributed by atoms with van der Waals surface area (Å²) in [5.41, 5.74) is 1.56. The summed E-state index contributed by atoms with van der Waals surface area (Å²) in [7, 11) is 0. The van der Waals surface area contributed by atoms with Crippen LogP contribution in [0, 0.1) is 0 Å². The smallest absolute Gasteiger partial charge is 0.303 e. The lowest BCUT2D eigenvalue weighted by Crippen LogP contribution is -1.94. The van der Waals surface area contributed by atoms with Crippen LogP contribution in [0.15, 0.2) is 5.10 Å². The molecule has 0 radical (unpaired) electrons. The number of hydrazone groups is 1. The van der Waals surface area contributed by atoms with E-state index in [4.69, 9.17) is 10.9 Å². The molecule has 0 fully saturated rings. The molecule has 0 atom stereocenters. The topological polar surface area (TPSA) is 75.7 Å². The van der Waals surface area contributed by atoms with E-state index in [0.29, 0.717) is 0 Å². The van der Waals surface area contributed by atoms with E-state index in [1.807, 2.05) is 0 Å². The minimum atomic E-state index is -0.734. The third kappa shape index (κ3) is 9.29. The van der Waals surface area contributed by atoms with Crippen molar-refractivity contribution in [1.82, 2.24) is 0 Å². The summed E-state index contributed by atoms with van der Waals surface area (Å²) in [6.45, 7) is 0. The third-order valence-electron chi connectivity index (χ3n) is 1.04. The fourth-order valence-corrected chi connectivity index (χ4v) is 1.12. The first-order valence-corrected chi connectivity index (χ1v) is 4.37. The Hall–Kier alpha value is -0.710. The second-order valence-corrected chi connectivity index (χ2v) is 2.93. The first kappa shape index (κ1) is 10.3. The predicted molar refractivity (Wildman–Crippen MR) is 46.6 cm³/mol. The molecule has 64 valence electrons. The molecule has 0 saturated heterocycles. The summed E-state index contributed by atoms with van der Waals surface area (Å²) in [5, 5.41) is 11.6. The average Bonchev–Trinajstić information content (AvgIpc) is 1.96. The Morgan fingerprint density at radius 3 is 2.91 bits per heavy atom. The Bertz CT molecular complexity index is 139. The SMILES string of the molecule is NN=CSCCCCC(=O)O. The number of nitrogens with zero attached hydrogens (tertiary/aromatic N) is 1. The van der Waals surface area contributed by atoms with Crippen molar-refractivity contribution in [2.75, 3.05) is 5.75 Å². The van der Waals surface area contributed by atoms with Gasteiger partial charge in [-0.2, -0.15) is 5.10 Å². The van der Waals surface area contributed by atoms with E-state index in [-0.39, 0.29) is 6.42 Å². The second kappa shape index (κ2) is 7.40. The van der Waals surface area contributed by atoms with Crippen LogP contribution in [0.5, 0.6) is 0 Å². The quantitative estimate of drug-likeness (QED) is 0.207. The van der Waals surface area contributed by atoms with Crippen LogP contribution in [-0.2, 0) is 4.79 Å². The van der Waals surface area contributed by atoms with Crippen LogP contribution >= 0.6 is 11.8 Å². The summed E-state index contributed by atoms with van der Waals surface area (Å²) >= 11 is 1.50. The Morgan fingerprint density at radius 1 is 1.64 bits per heavy atom. The zero-order valence-corrected chi connectivity index (χ0v) is 7.01. The monoisotopic (exact) mass is 176 g/mol. The highest BCUT2D eigenvalue weighted by Crippen LogP contribution is 2.02. The molecule has 0 aliphatic rings. The van der Waals surface area contributed by atoms with Crippen LogP contribution in [0.25, 0.3) is 0 Å². The molecule has 0 aromatic rings. The highest BCUT2D eigenvalue weighted by molar-refractivity contribution is 8.12. The molecule has 0 unspecified atom stereocenters. The van der Waals surface area contributed by atoms with Crippen molar-refractivity contribution in [3.8, 4) is 0 Å². The van der Waals surface area contributed by atoms with Crippen molar-refractivity contribution in [1.29, 1.82) is 0 Å². The molecule has 0 spiro atoms. The lowest BCUT2D eigenvalue weighted by molar-refractivity contribution is -0.137. The number of aliphatic carboxylic acids is 1. The zero-order chi connectivity index (χ0) is 8.53. The van der Waals surface area contributed by atoms with E-state index in [9.17, 15) is 4.79 Å². The Balaban J connectivity index is 2.96. The number of carbonyl (C=O) groups is 1. The van der Waals surface area contributed by atoms with E-state index in [2.05, 4.69) is 5.10 Å². The maximum absolute atomic E-state index is 10.0. The summed E-state index contributed by atoms with van der Waals surface area (Å²) in [4.78, 5) is 10.0. The maximum atomic E-state index is 10.0. The highest BCUT2D eigenvalue weighted by atomic mass is 32.2. The summed E-state index contributed by atoms with van der Waals surface area (Å²) in [6, 6.07) is 0. The van der Waals surface area contributed by atoms with E-state index >= 15 is 0 Å². The van der Waals surface area contributed by atoms with Crippen LogP contribution in [0.4, 0.5) is 0 Å². The maximum Gasteiger partial charge on any atom is 0.303 e. The number of carboxylic acid groups (broad SMARTS) is 1. The molecule has 0 bridgehead atoms. The molecule has 0 aromatic heterocycles. The Labute approximate surface area is 69.8 Å². The zero-order valence-electron chi connectivity index (χ0n) is 6.19. The average molecular weight is 176 g/mol. The second-order valence-electron chi connectivity index (χ2n) is 1.98. The minimum absolute atomic E-state index is 0.250. The van der Waals surface area contributed by atoms with Crippen LogP contribution < -0.4 is 5.84 Å². The third-order valence-corrected chi connectivity index (χ3v) is 1.83. The lowest BCUT2D eigenvalue weighted by Gasteiger charge is -1.93. The van der Waals surface area contributed by atoms with Gasteiger partial charge in [0.2, 0.25) is 0 Å². The standard InChI is InChI=1S/C6H12N2O2S/c7-8-5-11-4-2-1-3-6(9)10/h5H,1-4,7H2,(H,9,10). The number of hydrogen-bond donors (Lipinski definition) is 2. The van der Waals surface area contributed by atoms with Crippen molar-refractivity contribution >= 4 is 23.3 Å². The van der Waals surface area contributed by atoms with Crippen LogP contribution in [0.1, 0.15) is 19.3 Å². The van der Waals surface area contributed by atoms with Crippen molar-refractivity contribution < 1.29 is 9.90 Å². The van der Waals surface area contributed by atoms with Crippen LogP contribution in [-0.4, -0.2) is 22.4 Å². The van der Waals surface area contributed by atoms with Gasteiger partial charge in [0, 0.05) is 6.42 Å². The summed E-state index contributed by atoms with van der Waals surface area (Å²) in [5.74, 6) is 5.00. The predicted octanol–water partition coefficient (Wildman–Crippen LogP) is 0.877. The number of unbranched alkanes of at least 4 members (excludes halogenated alkanes) is 1. The molecule has 3 N–H and O–H groups in total. The minimum Gasteiger partial charge on any atom is -0.481 e. The van der Waals surface area contributed by atoms with Gasteiger partial charge in [0.15, 0.2) is 0 Å². The fraction of sp³-hybridized carbons (Fsp3) is 0.667. The van der Waals surface area contributed by atoms with Crippen molar-refractivity contribution in [3.05, 3.63) is 0 Å². The molecule has 4 nitrogen and oxygen atoms in total. The van der Waals surface area contributed by atoms with Crippen molar-refractivity contribution in [3.63, 3.8) is 0 Å². The van der Waals surface area contributed by atoms with Crippen LogP contribution in [0.2, 0.25) is 0 Å². The molecule has 0 saturated carbocycles. The molecule has 0 amide bonds.